The van der Waals surface area contributed by atoms with E-state index in [9.17, 15) is 4.39 Å². The topological polar surface area (TPSA) is 106 Å². The van der Waals surface area contributed by atoms with E-state index in [0.29, 0.717) is 15.6 Å². The molecule has 0 radical (unpaired) electrons. The van der Waals surface area contributed by atoms with Crippen molar-refractivity contribution in [2.45, 2.75) is 42.7 Å². The van der Waals surface area contributed by atoms with Gasteiger partial charge in [0.05, 0.1) is 34.2 Å². The van der Waals surface area contributed by atoms with Crippen LogP contribution in [-0.2, 0) is 0 Å². The van der Waals surface area contributed by atoms with Crippen molar-refractivity contribution in [3.8, 4) is 0 Å². The van der Waals surface area contributed by atoms with Crippen LogP contribution >= 0.6 is 11.8 Å². The fraction of sp³-hybridized carbons (Fsp3) is 0.429. The number of nitrogens with zero attached hydrogens (tertiary/aromatic N) is 5. The summed E-state index contributed by atoms with van der Waals surface area (Å²) in [6, 6.07) is 1.58. The van der Waals surface area contributed by atoms with Crippen molar-refractivity contribution < 1.29 is 4.39 Å². The molecular weight excluding hydrogens is 401 g/mol. The van der Waals surface area contributed by atoms with Crippen molar-refractivity contribution in [2.75, 3.05) is 24.5 Å². The van der Waals surface area contributed by atoms with Crippen LogP contribution in [0.1, 0.15) is 24.2 Å². The molecule has 0 aliphatic carbocycles. The van der Waals surface area contributed by atoms with Gasteiger partial charge in [0.2, 0.25) is 0 Å². The quantitative estimate of drug-likeness (QED) is 0.772. The Morgan fingerprint density at radius 3 is 2.70 bits per heavy atom. The average Bonchev–Trinajstić information content (AvgIpc) is 3.03. The smallest absolute Gasteiger partial charge is 0.158 e. The first kappa shape index (κ1) is 20.7. The van der Waals surface area contributed by atoms with Gasteiger partial charge in [-0.15, -0.1) is 0 Å². The normalized spacial score (nSPS) is 20.9. The molecular formula is C21H26FN7S. The van der Waals surface area contributed by atoms with Crippen LogP contribution < -0.4 is 16.4 Å². The molecule has 0 aromatic carbocycles. The number of aliphatic imine (C=N–C) groups is 1. The highest BCUT2D eigenvalue weighted by atomic mass is 32.2. The first-order valence-corrected chi connectivity index (χ1v) is 10.8. The van der Waals surface area contributed by atoms with Crippen LogP contribution in [-0.4, -0.2) is 46.3 Å². The number of aromatic nitrogens is 3. The Kier molecular flexibility index (Phi) is 5.75. The third-order valence-corrected chi connectivity index (χ3v) is 7.16. The maximum atomic E-state index is 14.3. The molecule has 158 valence electrons. The highest BCUT2D eigenvalue weighted by Gasteiger charge is 2.45. The summed E-state index contributed by atoms with van der Waals surface area (Å²) in [5.74, 6) is 0.528. The van der Waals surface area contributed by atoms with Gasteiger partial charge in [0.25, 0.3) is 0 Å². The molecule has 0 amide bonds. The van der Waals surface area contributed by atoms with E-state index in [-0.39, 0.29) is 17.3 Å². The zero-order chi connectivity index (χ0) is 21.3. The second-order valence-electron chi connectivity index (χ2n) is 7.86. The summed E-state index contributed by atoms with van der Waals surface area (Å²) in [7, 11) is 0. The molecule has 0 bridgehead atoms. The summed E-state index contributed by atoms with van der Waals surface area (Å²) in [4.78, 5) is 20.6. The van der Waals surface area contributed by atoms with Gasteiger partial charge in [0.1, 0.15) is 10.8 Å². The lowest BCUT2D eigenvalue weighted by Crippen LogP contribution is -2.51. The lowest BCUT2D eigenvalue weighted by atomic mass is 9.73. The van der Waals surface area contributed by atoms with Crippen LogP contribution in [0.25, 0.3) is 0 Å². The zero-order valence-corrected chi connectivity index (χ0v) is 18.0. The average molecular weight is 428 g/mol. The highest BCUT2D eigenvalue weighted by Crippen LogP contribution is 2.40. The summed E-state index contributed by atoms with van der Waals surface area (Å²) < 4.78 is 14.3. The van der Waals surface area contributed by atoms with Gasteiger partial charge in [-0.25, -0.2) is 14.4 Å². The molecule has 2 aliphatic heterocycles. The molecule has 1 unspecified atom stereocenters. The first-order chi connectivity index (χ1) is 14.4. The molecule has 1 atom stereocenters. The fourth-order valence-corrected chi connectivity index (χ4v) is 4.96. The molecule has 1 saturated heterocycles. The molecule has 30 heavy (non-hydrogen) atoms. The van der Waals surface area contributed by atoms with Crippen LogP contribution in [0, 0.1) is 25.1 Å². The first-order valence-electron chi connectivity index (χ1n) is 9.99. The van der Waals surface area contributed by atoms with E-state index < -0.39 is 0 Å². The Morgan fingerprint density at radius 2 is 2.00 bits per heavy atom. The van der Waals surface area contributed by atoms with Gasteiger partial charge < -0.3 is 16.4 Å². The number of hydrogen-bond acceptors (Lipinski definition) is 8. The molecule has 2 aliphatic rings. The predicted octanol–water partition coefficient (Wildman–Crippen LogP) is 2.62. The van der Waals surface area contributed by atoms with Gasteiger partial charge in [-0.05, 0) is 45.0 Å². The monoisotopic (exact) mass is 427 g/mol. The molecule has 2 aromatic rings. The summed E-state index contributed by atoms with van der Waals surface area (Å²) in [5.41, 5.74) is 14.0. The SMILES string of the molecule is Cc1nc(N2CCC3(CC2)CN=C(/C=C\N)C3N)cnc1Sc1ccnc(C)c1F. The van der Waals surface area contributed by atoms with Gasteiger partial charge in [-0.1, -0.05) is 11.8 Å². The van der Waals surface area contributed by atoms with Crippen LogP contribution in [0.2, 0.25) is 0 Å². The number of hydrogen-bond donors (Lipinski definition) is 2. The minimum Gasteiger partial charge on any atom is -0.405 e. The number of halogens is 1. The lowest BCUT2D eigenvalue weighted by molar-refractivity contribution is 0.227. The maximum Gasteiger partial charge on any atom is 0.158 e. The zero-order valence-electron chi connectivity index (χ0n) is 17.2. The molecule has 4 heterocycles. The summed E-state index contributed by atoms with van der Waals surface area (Å²) in [5, 5.41) is 0.696. The third-order valence-electron chi connectivity index (χ3n) is 6.03. The highest BCUT2D eigenvalue weighted by molar-refractivity contribution is 7.99. The van der Waals surface area contributed by atoms with Crippen LogP contribution in [0.5, 0.6) is 0 Å². The van der Waals surface area contributed by atoms with Crippen LogP contribution in [0.3, 0.4) is 0 Å². The van der Waals surface area contributed by atoms with Gasteiger partial charge in [-0.3, -0.25) is 9.98 Å². The maximum absolute atomic E-state index is 14.3. The van der Waals surface area contributed by atoms with E-state index >= 15 is 0 Å². The lowest BCUT2D eigenvalue weighted by Gasteiger charge is -2.42. The number of piperidine rings is 1. The van der Waals surface area contributed by atoms with Crippen molar-refractivity contribution in [1.29, 1.82) is 0 Å². The van der Waals surface area contributed by atoms with Crippen molar-refractivity contribution in [2.24, 2.45) is 21.9 Å². The number of anilines is 1. The van der Waals surface area contributed by atoms with Crippen molar-refractivity contribution in [3.05, 3.63) is 47.9 Å². The predicted molar refractivity (Wildman–Crippen MR) is 117 cm³/mol. The minimum atomic E-state index is -0.312. The minimum absolute atomic E-state index is 0.000338. The fourth-order valence-electron chi connectivity index (χ4n) is 4.08. The number of aryl methyl sites for hydroxylation is 2. The molecule has 2 aromatic heterocycles. The second-order valence-corrected chi connectivity index (χ2v) is 8.89. The Hall–Kier alpha value is -2.52. The van der Waals surface area contributed by atoms with E-state index in [0.717, 1.165) is 49.7 Å². The summed E-state index contributed by atoms with van der Waals surface area (Å²) in [6.45, 7) is 6.01. The van der Waals surface area contributed by atoms with Gasteiger partial charge >= 0.3 is 0 Å². The number of pyridine rings is 1. The summed E-state index contributed by atoms with van der Waals surface area (Å²) in [6.07, 6.45) is 8.57. The molecule has 4 N–H and O–H groups in total. The van der Waals surface area contributed by atoms with Crippen molar-refractivity contribution in [1.82, 2.24) is 15.0 Å². The Balaban J connectivity index is 1.44. The van der Waals surface area contributed by atoms with Gasteiger partial charge in [0.15, 0.2) is 5.82 Å². The van der Waals surface area contributed by atoms with Gasteiger partial charge in [0, 0.05) is 31.2 Å². The van der Waals surface area contributed by atoms with Crippen LogP contribution in [0.15, 0.2) is 45.6 Å². The molecule has 4 rings (SSSR count). The second kappa shape index (κ2) is 8.31. The Morgan fingerprint density at radius 1 is 1.23 bits per heavy atom. The van der Waals surface area contributed by atoms with E-state index in [1.54, 1.807) is 25.4 Å². The van der Waals surface area contributed by atoms with E-state index in [1.165, 1.54) is 18.0 Å². The van der Waals surface area contributed by atoms with Crippen LogP contribution in [0.4, 0.5) is 10.2 Å². The Bertz CT molecular complexity index is 999. The molecule has 0 saturated carbocycles. The molecule has 1 spiro atoms. The Labute approximate surface area is 179 Å². The largest absolute Gasteiger partial charge is 0.405 e. The number of nitrogens with two attached hydrogens (primary N) is 2. The van der Waals surface area contributed by atoms with Crippen molar-refractivity contribution >= 4 is 23.3 Å². The molecule has 1 fully saturated rings. The van der Waals surface area contributed by atoms with Gasteiger partial charge in [-0.2, -0.15) is 0 Å². The standard InChI is InChI=1S/C21H26FN7S/c1-13-18(22)16(4-8-25-13)30-20-14(2)28-17(11-26-20)29-9-5-21(6-10-29)12-27-15(3-7-23)19(21)24/h3-4,7-8,11,19H,5-6,9-10,12,23-24H2,1-2H3/b7-3-. The van der Waals surface area contributed by atoms with E-state index in [4.69, 9.17) is 16.5 Å². The third kappa shape index (κ3) is 3.79. The number of rotatable bonds is 4. The molecule has 7 nitrogen and oxygen atoms in total. The molecule has 9 heteroatoms. The van der Waals surface area contributed by atoms with E-state index in [2.05, 4.69) is 19.9 Å². The summed E-state index contributed by atoms with van der Waals surface area (Å²) >= 11 is 1.28. The van der Waals surface area contributed by atoms with Crippen molar-refractivity contribution in [3.63, 3.8) is 0 Å². The van der Waals surface area contributed by atoms with E-state index in [1.807, 2.05) is 13.0 Å².